The normalized spacial score (nSPS) is 11.4. The monoisotopic (exact) mass is 284 g/mol. The number of anilines is 2. The van der Waals surface area contributed by atoms with E-state index in [1.165, 1.54) is 24.3 Å². The third-order valence-corrected chi connectivity index (χ3v) is 2.89. The number of nitrogens with two attached hydrogens (primary N) is 1. The topological polar surface area (TPSA) is 38.0 Å². The summed E-state index contributed by atoms with van der Waals surface area (Å²) in [5.74, 6) is -0.752. The quantitative estimate of drug-likeness (QED) is 0.642. The van der Waals surface area contributed by atoms with Gasteiger partial charge in [-0.1, -0.05) is 0 Å². The van der Waals surface area contributed by atoms with Gasteiger partial charge >= 0.3 is 6.18 Å². The highest BCUT2D eigenvalue weighted by Gasteiger charge is 2.34. The molecule has 0 fully saturated rings. The Bertz CT molecular complexity index is 636. The molecule has 0 bridgehead atoms. The van der Waals surface area contributed by atoms with Crippen LogP contribution in [0.25, 0.3) is 11.1 Å². The van der Waals surface area contributed by atoms with E-state index in [4.69, 9.17) is 5.73 Å². The fourth-order valence-corrected chi connectivity index (χ4v) is 1.92. The minimum atomic E-state index is -4.57. The summed E-state index contributed by atoms with van der Waals surface area (Å²) >= 11 is 0. The Morgan fingerprint density at radius 3 is 2.30 bits per heavy atom. The second kappa shape index (κ2) is 5.03. The zero-order valence-corrected chi connectivity index (χ0v) is 10.6. The van der Waals surface area contributed by atoms with Crippen LogP contribution >= 0.6 is 0 Å². The molecule has 0 atom stereocenters. The van der Waals surface area contributed by atoms with Gasteiger partial charge in [-0.15, -0.1) is 0 Å². The highest BCUT2D eigenvalue weighted by Crippen LogP contribution is 2.39. The van der Waals surface area contributed by atoms with Crippen LogP contribution in [0.1, 0.15) is 5.56 Å². The highest BCUT2D eigenvalue weighted by atomic mass is 19.4. The lowest BCUT2D eigenvalue weighted by atomic mass is 9.97. The van der Waals surface area contributed by atoms with Crippen molar-refractivity contribution in [2.45, 2.75) is 6.18 Å². The molecule has 3 N–H and O–H groups in total. The third-order valence-electron chi connectivity index (χ3n) is 2.89. The molecule has 0 spiro atoms. The average molecular weight is 284 g/mol. The second-order valence-electron chi connectivity index (χ2n) is 4.25. The van der Waals surface area contributed by atoms with Gasteiger partial charge in [0.1, 0.15) is 5.82 Å². The lowest BCUT2D eigenvalue weighted by Gasteiger charge is -2.15. The number of halogens is 4. The SMILES string of the molecule is CNc1ccc(C(F)(F)F)c(-c2cc(N)ccc2F)c1. The summed E-state index contributed by atoms with van der Waals surface area (Å²) in [7, 11) is 1.57. The number of alkyl halides is 3. The van der Waals surface area contributed by atoms with Gasteiger partial charge in [0.25, 0.3) is 0 Å². The molecule has 0 aliphatic carbocycles. The van der Waals surface area contributed by atoms with E-state index in [0.29, 0.717) is 5.69 Å². The molecule has 6 heteroatoms. The van der Waals surface area contributed by atoms with Gasteiger partial charge in [0.2, 0.25) is 0 Å². The molecular formula is C14H12F4N2. The molecule has 2 aromatic rings. The maximum atomic E-state index is 13.8. The van der Waals surface area contributed by atoms with Crippen LogP contribution < -0.4 is 11.1 Å². The van der Waals surface area contributed by atoms with E-state index in [0.717, 1.165) is 12.1 Å². The summed E-state index contributed by atoms with van der Waals surface area (Å²) in [5.41, 5.74) is 4.87. The summed E-state index contributed by atoms with van der Waals surface area (Å²) in [4.78, 5) is 0. The average Bonchev–Trinajstić information content (AvgIpc) is 2.39. The number of rotatable bonds is 2. The third kappa shape index (κ3) is 2.68. The molecular weight excluding hydrogens is 272 g/mol. The lowest BCUT2D eigenvalue weighted by molar-refractivity contribution is -0.137. The van der Waals surface area contributed by atoms with Gasteiger partial charge in [0, 0.05) is 24.0 Å². The standard InChI is InChI=1S/C14H12F4N2/c1-20-9-3-4-12(14(16,17)18)10(7-9)11-6-8(19)2-5-13(11)15/h2-7,20H,19H2,1H3. The van der Waals surface area contributed by atoms with E-state index in [1.54, 1.807) is 7.05 Å². The Morgan fingerprint density at radius 2 is 1.70 bits per heavy atom. The van der Waals surface area contributed by atoms with Gasteiger partial charge in [-0.05, 0) is 42.0 Å². The predicted octanol–water partition coefficient (Wildman–Crippen LogP) is 4.14. The summed E-state index contributed by atoms with van der Waals surface area (Å²) in [5, 5.41) is 2.73. The van der Waals surface area contributed by atoms with Crippen LogP contribution in [0.4, 0.5) is 28.9 Å². The van der Waals surface area contributed by atoms with E-state index >= 15 is 0 Å². The molecule has 106 valence electrons. The van der Waals surface area contributed by atoms with Crippen LogP contribution in [0.2, 0.25) is 0 Å². The van der Waals surface area contributed by atoms with E-state index in [9.17, 15) is 17.6 Å². The molecule has 20 heavy (non-hydrogen) atoms. The molecule has 0 aliphatic rings. The number of nitrogens with one attached hydrogen (secondary N) is 1. The van der Waals surface area contributed by atoms with Gasteiger partial charge in [-0.25, -0.2) is 4.39 Å². The van der Waals surface area contributed by atoms with Crippen molar-refractivity contribution < 1.29 is 17.6 Å². The van der Waals surface area contributed by atoms with Crippen molar-refractivity contribution in [2.75, 3.05) is 18.1 Å². The molecule has 2 rings (SSSR count). The minimum absolute atomic E-state index is 0.172. The van der Waals surface area contributed by atoms with E-state index in [1.807, 2.05) is 0 Å². The molecule has 0 saturated heterocycles. The van der Waals surface area contributed by atoms with Gasteiger partial charge in [0.05, 0.1) is 5.56 Å². The van der Waals surface area contributed by atoms with Gasteiger partial charge in [0.15, 0.2) is 0 Å². The Morgan fingerprint density at radius 1 is 1.00 bits per heavy atom. The van der Waals surface area contributed by atoms with Gasteiger partial charge in [-0.2, -0.15) is 13.2 Å². The molecule has 0 unspecified atom stereocenters. The molecule has 0 radical (unpaired) electrons. The molecule has 2 nitrogen and oxygen atoms in total. The highest BCUT2D eigenvalue weighted by molar-refractivity contribution is 5.75. The Labute approximate surface area is 113 Å². The van der Waals surface area contributed by atoms with Crippen LogP contribution in [-0.2, 0) is 6.18 Å². The Kier molecular flexibility index (Phi) is 3.57. The maximum Gasteiger partial charge on any atom is 0.417 e. The van der Waals surface area contributed by atoms with E-state index in [-0.39, 0.29) is 16.8 Å². The Balaban J connectivity index is 2.73. The molecule has 0 heterocycles. The van der Waals surface area contributed by atoms with Crippen LogP contribution in [-0.4, -0.2) is 7.05 Å². The number of benzene rings is 2. The fourth-order valence-electron chi connectivity index (χ4n) is 1.92. The zero-order valence-electron chi connectivity index (χ0n) is 10.6. The van der Waals surface area contributed by atoms with Crippen LogP contribution in [0.15, 0.2) is 36.4 Å². The van der Waals surface area contributed by atoms with Crippen molar-refractivity contribution >= 4 is 11.4 Å². The van der Waals surface area contributed by atoms with Crippen molar-refractivity contribution in [3.05, 3.63) is 47.8 Å². The van der Waals surface area contributed by atoms with Crippen molar-refractivity contribution in [1.29, 1.82) is 0 Å². The summed E-state index contributed by atoms with van der Waals surface area (Å²) in [6.45, 7) is 0. The van der Waals surface area contributed by atoms with Crippen molar-refractivity contribution in [3.8, 4) is 11.1 Å². The zero-order chi connectivity index (χ0) is 14.9. The van der Waals surface area contributed by atoms with Crippen molar-refractivity contribution in [1.82, 2.24) is 0 Å². The Hall–Kier alpha value is -2.24. The van der Waals surface area contributed by atoms with Gasteiger partial charge in [-0.3, -0.25) is 0 Å². The largest absolute Gasteiger partial charge is 0.417 e. The number of nitrogen functional groups attached to an aromatic ring is 1. The molecule has 0 aliphatic heterocycles. The first kappa shape index (κ1) is 14.2. The first-order chi connectivity index (χ1) is 9.32. The molecule has 0 aromatic heterocycles. The first-order valence-electron chi connectivity index (χ1n) is 5.77. The van der Waals surface area contributed by atoms with E-state index in [2.05, 4.69) is 5.32 Å². The number of hydrogen-bond donors (Lipinski definition) is 2. The molecule has 2 aromatic carbocycles. The minimum Gasteiger partial charge on any atom is -0.399 e. The van der Waals surface area contributed by atoms with Gasteiger partial charge < -0.3 is 11.1 Å². The summed E-state index contributed by atoms with van der Waals surface area (Å²) in [6.07, 6.45) is -4.57. The summed E-state index contributed by atoms with van der Waals surface area (Å²) in [6, 6.07) is 7.01. The van der Waals surface area contributed by atoms with Crippen LogP contribution in [0.5, 0.6) is 0 Å². The van der Waals surface area contributed by atoms with Crippen LogP contribution in [0, 0.1) is 5.82 Å². The van der Waals surface area contributed by atoms with Crippen molar-refractivity contribution in [3.63, 3.8) is 0 Å². The summed E-state index contributed by atoms with van der Waals surface area (Å²) < 4.78 is 52.9. The van der Waals surface area contributed by atoms with E-state index < -0.39 is 17.6 Å². The van der Waals surface area contributed by atoms with Crippen LogP contribution in [0.3, 0.4) is 0 Å². The molecule has 0 amide bonds. The predicted molar refractivity (Wildman–Crippen MR) is 70.8 cm³/mol. The second-order valence-corrected chi connectivity index (χ2v) is 4.25. The number of hydrogen-bond acceptors (Lipinski definition) is 2. The fraction of sp³-hybridized carbons (Fsp3) is 0.143. The lowest BCUT2D eigenvalue weighted by Crippen LogP contribution is -2.08. The first-order valence-corrected chi connectivity index (χ1v) is 5.77. The maximum absolute atomic E-state index is 13.8. The van der Waals surface area contributed by atoms with Crippen molar-refractivity contribution in [2.24, 2.45) is 0 Å². The smallest absolute Gasteiger partial charge is 0.399 e. The molecule has 0 saturated carbocycles.